The molecule has 1 aliphatic carbocycles. The minimum atomic E-state index is -0.140. The summed E-state index contributed by atoms with van der Waals surface area (Å²) < 4.78 is 23.1. The van der Waals surface area contributed by atoms with E-state index >= 15 is 0 Å². The maximum absolute atomic E-state index is 13.0. The third-order valence-electron chi connectivity index (χ3n) is 5.11. The molecular weight excluding hydrogens is 396 g/mol. The minimum Gasteiger partial charge on any atom is -0.490 e. The second kappa shape index (κ2) is 11.4. The van der Waals surface area contributed by atoms with E-state index in [1.54, 1.807) is 18.3 Å². The van der Waals surface area contributed by atoms with Gasteiger partial charge < -0.3 is 24.3 Å². The summed E-state index contributed by atoms with van der Waals surface area (Å²) in [6, 6.07) is 9.20. The van der Waals surface area contributed by atoms with Crippen LogP contribution in [0.15, 0.2) is 36.5 Å². The van der Waals surface area contributed by atoms with Crippen molar-refractivity contribution in [2.24, 2.45) is 0 Å². The molecular formula is C24H32N2O5. The average molecular weight is 429 g/mol. The van der Waals surface area contributed by atoms with Gasteiger partial charge in [-0.25, -0.2) is 4.98 Å². The molecule has 1 aromatic heterocycles. The molecule has 7 nitrogen and oxygen atoms in total. The van der Waals surface area contributed by atoms with Crippen LogP contribution in [0.5, 0.6) is 23.1 Å². The molecule has 0 saturated heterocycles. The van der Waals surface area contributed by atoms with Gasteiger partial charge in [-0.1, -0.05) is 6.07 Å². The molecule has 31 heavy (non-hydrogen) atoms. The Hall–Kier alpha value is -2.96. The number of hydrogen-bond acceptors (Lipinski definition) is 6. The summed E-state index contributed by atoms with van der Waals surface area (Å²) >= 11 is 0. The zero-order chi connectivity index (χ0) is 22.1. The van der Waals surface area contributed by atoms with Gasteiger partial charge in [0.2, 0.25) is 11.6 Å². The van der Waals surface area contributed by atoms with Crippen molar-refractivity contribution in [3.63, 3.8) is 0 Å². The quantitative estimate of drug-likeness (QED) is 0.604. The fourth-order valence-corrected chi connectivity index (χ4v) is 3.70. The van der Waals surface area contributed by atoms with E-state index in [9.17, 15) is 4.79 Å². The van der Waals surface area contributed by atoms with Crippen molar-refractivity contribution in [1.29, 1.82) is 0 Å². The summed E-state index contributed by atoms with van der Waals surface area (Å²) in [7, 11) is 0. The average Bonchev–Trinajstić information content (AvgIpc) is 2.78. The van der Waals surface area contributed by atoms with Gasteiger partial charge in [-0.05, 0) is 64.7 Å². The van der Waals surface area contributed by atoms with E-state index in [0.717, 1.165) is 25.7 Å². The zero-order valence-electron chi connectivity index (χ0n) is 18.6. The Kier molecular flexibility index (Phi) is 8.38. The van der Waals surface area contributed by atoms with Gasteiger partial charge in [0, 0.05) is 23.9 Å². The number of hydrogen-bond donors (Lipinski definition) is 1. The van der Waals surface area contributed by atoms with E-state index < -0.39 is 0 Å². The molecule has 2 aromatic rings. The molecule has 1 saturated carbocycles. The lowest BCUT2D eigenvalue weighted by Crippen LogP contribution is -2.39. The van der Waals surface area contributed by atoms with E-state index in [2.05, 4.69) is 10.3 Å². The Morgan fingerprint density at radius 3 is 2.16 bits per heavy atom. The number of rotatable bonds is 10. The van der Waals surface area contributed by atoms with E-state index in [0.29, 0.717) is 48.5 Å². The van der Waals surface area contributed by atoms with E-state index in [1.165, 1.54) is 0 Å². The minimum absolute atomic E-state index is 0.105. The monoisotopic (exact) mass is 428 g/mol. The lowest BCUT2D eigenvalue weighted by atomic mass is 9.92. The fourth-order valence-electron chi connectivity index (χ4n) is 3.70. The molecule has 168 valence electrons. The molecule has 7 heteroatoms. The maximum Gasteiger partial charge on any atom is 0.251 e. The van der Waals surface area contributed by atoms with Gasteiger partial charge in [0.25, 0.3) is 5.91 Å². The Morgan fingerprint density at radius 1 is 0.968 bits per heavy atom. The van der Waals surface area contributed by atoms with Gasteiger partial charge in [0.1, 0.15) is 6.10 Å². The summed E-state index contributed by atoms with van der Waals surface area (Å²) in [6.07, 6.45) is 5.32. The van der Waals surface area contributed by atoms with E-state index in [4.69, 9.17) is 18.9 Å². The molecule has 0 aliphatic heterocycles. The Labute approximate surface area is 184 Å². The van der Waals surface area contributed by atoms with E-state index in [-0.39, 0.29) is 18.1 Å². The highest BCUT2D eigenvalue weighted by Gasteiger charge is 2.25. The number of aromatic nitrogens is 1. The predicted molar refractivity (Wildman–Crippen MR) is 118 cm³/mol. The van der Waals surface area contributed by atoms with Crippen molar-refractivity contribution in [2.75, 3.05) is 19.8 Å². The van der Waals surface area contributed by atoms with Crippen LogP contribution in [0.3, 0.4) is 0 Å². The summed E-state index contributed by atoms with van der Waals surface area (Å²) in [5.41, 5.74) is 0.502. The van der Waals surface area contributed by atoms with Crippen molar-refractivity contribution >= 4 is 5.91 Å². The molecule has 1 fully saturated rings. The van der Waals surface area contributed by atoms with Crippen LogP contribution < -0.4 is 24.3 Å². The van der Waals surface area contributed by atoms with E-state index in [1.807, 2.05) is 39.0 Å². The van der Waals surface area contributed by atoms with Crippen LogP contribution in [0.1, 0.15) is 56.8 Å². The molecule has 1 heterocycles. The molecule has 0 bridgehead atoms. The molecule has 0 atom stereocenters. The SMILES string of the molecule is CCOc1cc(C(=O)NC2CCC(Oc3ccccn3)CC2)cc(OCC)c1OCC. The third-order valence-corrected chi connectivity index (χ3v) is 5.11. The van der Waals surface area contributed by atoms with Crippen LogP contribution in [0.25, 0.3) is 0 Å². The fraction of sp³-hybridized carbons (Fsp3) is 0.500. The summed E-state index contributed by atoms with van der Waals surface area (Å²) in [6.45, 7) is 7.12. The summed E-state index contributed by atoms with van der Waals surface area (Å²) in [5, 5.41) is 3.15. The molecule has 1 aromatic carbocycles. The highest BCUT2D eigenvalue weighted by Crippen LogP contribution is 2.39. The molecule has 0 unspecified atom stereocenters. The van der Waals surface area contributed by atoms with Crippen molar-refractivity contribution in [3.05, 3.63) is 42.1 Å². The maximum atomic E-state index is 13.0. The Bertz CT molecular complexity index is 808. The van der Waals surface area contributed by atoms with Crippen LogP contribution >= 0.6 is 0 Å². The van der Waals surface area contributed by atoms with Gasteiger partial charge in [-0.3, -0.25) is 4.79 Å². The van der Waals surface area contributed by atoms with Crippen LogP contribution in [0.4, 0.5) is 0 Å². The summed E-state index contributed by atoms with van der Waals surface area (Å²) in [5.74, 6) is 2.09. The Balaban J connectivity index is 1.63. The zero-order valence-corrected chi connectivity index (χ0v) is 18.6. The van der Waals surface area contributed by atoms with Gasteiger partial charge in [-0.2, -0.15) is 0 Å². The normalized spacial score (nSPS) is 18.2. The predicted octanol–water partition coefficient (Wildman–Crippen LogP) is 4.40. The van der Waals surface area contributed by atoms with Crippen molar-refractivity contribution in [2.45, 2.75) is 58.6 Å². The molecule has 1 N–H and O–H groups in total. The topological polar surface area (TPSA) is 78.9 Å². The number of carbonyl (C=O) groups is 1. The highest BCUT2D eigenvalue weighted by molar-refractivity contribution is 5.95. The van der Waals surface area contributed by atoms with Gasteiger partial charge >= 0.3 is 0 Å². The smallest absolute Gasteiger partial charge is 0.251 e. The molecule has 1 amide bonds. The number of pyridine rings is 1. The standard InChI is InChI=1S/C24H32N2O5/c1-4-28-20-15-17(16-21(29-5-2)23(20)30-6-3)24(27)26-18-10-12-19(13-11-18)31-22-9-7-8-14-25-22/h7-9,14-16,18-19H,4-6,10-13H2,1-3H3,(H,26,27). The molecule has 3 rings (SSSR count). The first kappa shape index (κ1) is 22.7. The number of carbonyl (C=O) groups excluding carboxylic acids is 1. The highest BCUT2D eigenvalue weighted by atomic mass is 16.5. The number of amides is 1. The lowest BCUT2D eigenvalue weighted by molar-refractivity contribution is 0.0889. The largest absolute Gasteiger partial charge is 0.490 e. The molecule has 0 spiro atoms. The lowest BCUT2D eigenvalue weighted by Gasteiger charge is -2.29. The number of ether oxygens (including phenoxy) is 4. The van der Waals surface area contributed by atoms with Crippen LogP contribution in [0.2, 0.25) is 0 Å². The second-order valence-corrected chi connectivity index (χ2v) is 7.33. The summed E-state index contributed by atoms with van der Waals surface area (Å²) in [4.78, 5) is 17.2. The van der Waals surface area contributed by atoms with Crippen molar-refractivity contribution in [1.82, 2.24) is 10.3 Å². The number of benzene rings is 1. The second-order valence-electron chi connectivity index (χ2n) is 7.33. The first-order valence-corrected chi connectivity index (χ1v) is 11.1. The molecule has 1 aliphatic rings. The van der Waals surface area contributed by atoms with Gasteiger partial charge in [0.05, 0.1) is 19.8 Å². The van der Waals surface area contributed by atoms with Gasteiger partial charge in [0.15, 0.2) is 11.5 Å². The number of nitrogens with one attached hydrogen (secondary N) is 1. The van der Waals surface area contributed by atoms with Crippen LogP contribution in [0, 0.1) is 0 Å². The van der Waals surface area contributed by atoms with Crippen molar-refractivity contribution in [3.8, 4) is 23.1 Å². The van der Waals surface area contributed by atoms with Gasteiger partial charge in [-0.15, -0.1) is 0 Å². The molecule has 0 radical (unpaired) electrons. The van der Waals surface area contributed by atoms with Crippen LogP contribution in [-0.2, 0) is 0 Å². The number of nitrogens with zero attached hydrogens (tertiary/aromatic N) is 1. The first-order valence-electron chi connectivity index (χ1n) is 11.1. The van der Waals surface area contributed by atoms with Crippen molar-refractivity contribution < 1.29 is 23.7 Å². The third kappa shape index (κ3) is 6.26. The first-order chi connectivity index (χ1) is 15.1. The Morgan fingerprint density at radius 2 is 1.61 bits per heavy atom. The van der Waals surface area contributed by atoms with Crippen LogP contribution in [-0.4, -0.2) is 42.9 Å².